The molecule has 0 saturated heterocycles. The number of nitrogens with one attached hydrogen (secondary N) is 4. The zero-order chi connectivity index (χ0) is 20.2. The van der Waals surface area contributed by atoms with Crippen molar-refractivity contribution in [1.29, 1.82) is 0 Å². The highest BCUT2D eigenvalue weighted by atomic mass is 32.1. The van der Waals surface area contributed by atoms with Crippen LogP contribution >= 0.6 is 12.2 Å². The fraction of sp³-hybridized carbons (Fsp3) is 0.136. The van der Waals surface area contributed by atoms with Gasteiger partial charge in [-0.2, -0.15) is 0 Å². The maximum atomic E-state index is 5.19. The molecule has 0 spiro atoms. The van der Waals surface area contributed by atoms with Gasteiger partial charge in [0.05, 0.1) is 5.39 Å². The largest absolute Gasteiger partial charge is 0.366 e. The topological polar surface area (TPSA) is 77.7 Å². The molecular formula is C22H22N6S. The quantitative estimate of drug-likeness (QED) is 0.362. The van der Waals surface area contributed by atoms with Crippen molar-refractivity contribution in [3.05, 3.63) is 72.6 Å². The Kier molecular flexibility index (Phi) is 5.39. The number of anilines is 2. The van der Waals surface area contributed by atoms with Crippen LogP contribution in [0, 0.1) is 0 Å². The van der Waals surface area contributed by atoms with Crippen molar-refractivity contribution >= 4 is 39.9 Å². The Bertz CT molecular complexity index is 1140. The number of benzene rings is 2. The zero-order valence-corrected chi connectivity index (χ0v) is 17.0. The molecule has 7 heteroatoms. The molecule has 0 aliphatic rings. The van der Waals surface area contributed by atoms with Crippen LogP contribution in [-0.4, -0.2) is 27.1 Å². The van der Waals surface area contributed by atoms with Crippen molar-refractivity contribution in [3.63, 3.8) is 0 Å². The highest BCUT2D eigenvalue weighted by Crippen LogP contribution is 2.29. The molecule has 1 atom stereocenters. The Morgan fingerprint density at radius 3 is 2.66 bits per heavy atom. The molecule has 0 aliphatic carbocycles. The third-order valence-corrected chi connectivity index (χ3v) is 5.04. The molecule has 4 rings (SSSR count). The number of nitrogens with zero attached hydrogens (tertiary/aromatic N) is 2. The molecule has 146 valence electrons. The fourth-order valence-electron chi connectivity index (χ4n) is 3.20. The minimum Gasteiger partial charge on any atom is -0.366 e. The second kappa shape index (κ2) is 8.28. The molecule has 4 aromatic rings. The lowest BCUT2D eigenvalue weighted by atomic mass is 10.1. The number of rotatable bonds is 5. The molecule has 2 heterocycles. The average Bonchev–Trinajstić information content (AvgIpc) is 3.20. The third-order valence-electron chi connectivity index (χ3n) is 4.74. The van der Waals surface area contributed by atoms with Gasteiger partial charge in [-0.1, -0.05) is 42.5 Å². The van der Waals surface area contributed by atoms with Crippen LogP contribution in [0.1, 0.15) is 18.5 Å². The summed E-state index contributed by atoms with van der Waals surface area (Å²) in [6.45, 7) is 2.12. The number of aromatic nitrogens is 3. The van der Waals surface area contributed by atoms with E-state index >= 15 is 0 Å². The fourth-order valence-corrected chi connectivity index (χ4v) is 3.32. The number of aromatic amines is 1. The molecule has 0 saturated carbocycles. The highest BCUT2D eigenvalue weighted by molar-refractivity contribution is 7.80. The van der Waals surface area contributed by atoms with Crippen molar-refractivity contribution in [1.82, 2.24) is 20.3 Å². The SMILES string of the molecule is CNC(=S)Nc1cccc(-c2cc3c(N[C@H](C)c4ccccc4)ncnc3[nH]2)c1. The lowest BCUT2D eigenvalue weighted by Gasteiger charge is -2.15. The minimum atomic E-state index is 0.128. The number of thiocarbonyl (C=S) groups is 1. The smallest absolute Gasteiger partial charge is 0.170 e. The summed E-state index contributed by atoms with van der Waals surface area (Å²) in [5.41, 5.74) is 4.92. The summed E-state index contributed by atoms with van der Waals surface area (Å²) in [7, 11) is 1.79. The van der Waals surface area contributed by atoms with Crippen LogP contribution in [0.2, 0.25) is 0 Å². The van der Waals surface area contributed by atoms with E-state index in [9.17, 15) is 0 Å². The second-order valence-corrected chi connectivity index (χ2v) is 7.14. The van der Waals surface area contributed by atoms with Gasteiger partial charge in [0.15, 0.2) is 5.11 Å². The highest BCUT2D eigenvalue weighted by Gasteiger charge is 2.12. The van der Waals surface area contributed by atoms with Crippen LogP contribution in [0.3, 0.4) is 0 Å². The lowest BCUT2D eigenvalue weighted by molar-refractivity contribution is 0.876. The average molecular weight is 403 g/mol. The first-order chi connectivity index (χ1) is 14.1. The lowest BCUT2D eigenvalue weighted by Crippen LogP contribution is -2.24. The van der Waals surface area contributed by atoms with Crippen molar-refractivity contribution in [2.75, 3.05) is 17.7 Å². The minimum absolute atomic E-state index is 0.128. The zero-order valence-electron chi connectivity index (χ0n) is 16.2. The van der Waals surface area contributed by atoms with Gasteiger partial charge in [-0.3, -0.25) is 0 Å². The number of hydrogen-bond donors (Lipinski definition) is 4. The van der Waals surface area contributed by atoms with Gasteiger partial charge in [0.1, 0.15) is 17.8 Å². The number of hydrogen-bond acceptors (Lipinski definition) is 4. The van der Waals surface area contributed by atoms with Crippen LogP contribution in [-0.2, 0) is 0 Å². The number of fused-ring (bicyclic) bond motifs is 1. The molecule has 0 bridgehead atoms. The van der Waals surface area contributed by atoms with E-state index in [0.29, 0.717) is 5.11 Å². The van der Waals surface area contributed by atoms with E-state index in [1.54, 1.807) is 13.4 Å². The monoisotopic (exact) mass is 402 g/mol. The first-order valence-electron chi connectivity index (χ1n) is 9.38. The molecule has 0 amide bonds. The van der Waals surface area contributed by atoms with E-state index in [0.717, 1.165) is 33.8 Å². The van der Waals surface area contributed by atoms with E-state index in [2.05, 4.69) is 56.0 Å². The van der Waals surface area contributed by atoms with Gasteiger partial charge in [-0.15, -0.1) is 0 Å². The van der Waals surface area contributed by atoms with E-state index in [-0.39, 0.29) is 6.04 Å². The second-order valence-electron chi connectivity index (χ2n) is 6.73. The summed E-state index contributed by atoms with van der Waals surface area (Å²) in [4.78, 5) is 12.3. The first kappa shape index (κ1) is 18.9. The summed E-state index contributed by atoms with van der Waals surface area (Å²) in [5, 5.41) is 11.1. The van der Waals surface area contributed by atoms with Gasteiger partial charge >= 0.3 is 0 Å². The summed E-state index contributed by atoms with van der Waals surface area (Å²) in [6, 6.07) is 20.6. The molecule has 0 radical (unpaired) electrons. The van der Waals surface area contributed by atoms with Gasteiger partial charge < -0.3 is 20.9 Å². The Hall–Kier alpha value is -3.45. The van der Waals surface area contributed by atoms with Gasteiger partial charge in [-0.05, 0) is 42.9 Å². The van der Waals surface area contributed by atoms with Crippen molar-refractivity contribution in [2.24, 2.45) is 0 Å². The molecular weight excluding hydrogens is 380 g/mol. The first-order valence-corrected chi connectivity index (χ1v) is 9.79. The molecule has 0 aliphatic heterocycles. The molecule has 0 fully saturated rings. The van der Waals surface area contributed by atoms with Gasteiger partial charge in [0, 0.05) is 30.0 Å². The van der Waals surface area contributed by atoms with E-state index < -0.39 is 0 Å². The van der Waals surface area contributed by atoms with Crippen molar-refractivity contribution < 1.29 is 0 Å². The van der Waals surface area contributed by atoms with E-state index in [1.807, 2.05) is 42.5 Å². The summed E-state index contributed by atoms with van der Waals surface area (Å²) in [5.74, 6) is 0.805. The molecule has 4 N–H and O–H groups in total. The Morgan fingerprint density at radius 1 is 1.03 bits per heavy atom. The van der Waals surface area contributed by atoms with Crippen LogP contribution in [0.15, 0.2) is 67.0 Å². The Labute approximate surface area is 174 Å². The van der Waals surface area contributed by atoms with Crippen LogP contribution in [0.25, 0.3) is 22.3 Å². The predicted molar refractivity (Wildman–Crippen MR) is 123 cm³/mol. The van der Waals surface area contributed by atoms with Crippen molar-refractivity contribution in [2.45, 2.75) is 13.0 Å². The van der Waals surface area contributed by atoms with Gasteiger partial charge in [-0.25, -0.2) is 9.97 Å². The Morgan fingerprint density at radius 2 is 1.86 bits per heavy atom. The van der Waals surface area contributed by atoms with E-state index in [1.165, 1.54) is 5.56 Å². The van der Waals surface area contributed by atoms with Gasteiger partial charge in [0.25, 0.3) is 0 Å². The van der Waals surface area contributed by atoms with E-state index in [4.69, 9.17) is 12.2 Å². The maximum absolute atomic E-state index is 5.19. The van der Waals surface area contributed by atoms with Crippen molar-refractivity contribution in [3.8, 4) is 11.3 Å². The number of H-pyrrole nitrogens is 1. The molecule has 2 aromatic heterocycles. The molecule has 6 nitrogen and oxygen atoms in total. The van der Waals surface area contributed by atoms with Crippen LogP contribution in [0.4, 0.5) is 11.5 Å². The third kappa shape index (κ3) is 4.20. The normalized spacial score (nSPS) is 11.8. The standard InChI is InChI=1S/C22H22N6S/c1-14(15-7-4-3-5-8-15)26-20-18-12-19(28-21(18)25-13-24-20)16-9-6-10-17(11-16)27-22(29)23-2/h3-14H,1-2H3,(H2,23,27,29)(H2,24,25,26,28)/t14-/m1/s1. The summed E-state index contributed by atoms with van der Waals surface area (Å²) in [6.07, 6.45) is 1.58. The van der Waals surface area contributed by atoms with Gasteiger partial charge in [0.2, 0.25) is 0 Å². The summed E-state index contributed by atoms with van der Waals surface area (Å²) >= 11 is 5.19. The van der Waals surface area contributed by atoms with Crippen LogP contribution < -0.4 is 16.0 Å². The molecule has 2 aromatic carbocycles. The molecule has 29 heavy (non-hydrogen) atoms. The summed E-state index contributed by atoms with van der Waals surface area (Å²) < 4.78 is 0. The molecule has 0 unspecified atom stereocenters. The van der Waals surface area contributed by atoms with Crippen LogP contribution in [0.5, 0.6) is 0 Å². The maximum Gasteiger partial charge on any atom is 0.170 e. The predicted octanol–water partition coefficient (Wildman–Crippen LogP) is 4.71. The Balaban J connectivity index is 1.64.